The first kappa shape index (κ1) is 10.3. The lowest BCUT2D eigenvalue weighted by Gasteiger charge is -2.33. The highest BCUT2D eigenvalue weighted by molar-refractivity contribution is 5.32. The first-order valence-electron chi connectivity index (χ1n) is 3.51. The topological polar surface area (TPSA) is 37.3 Å². The maximum Gasteiger partial charge on any atom is 0.290 e. The minimum Gasteiger partial charge on any atom is -0.483 e. The highest BCUT2D eigenvalue weighted by Crippen LogP contribution is 2.43. The van der Waals surface area contributed by atoms with E-state index < -0.39 is 5.92 Å². The lowest BCUT2D eigenvalue weighted by atomic mass is 9.80. The summed E-state index contributed by atoms with van der Waals surface area (Å²) in [6.45, 7) is 1.71. The summed E-state index contributed by atoms with van der Waals surface area (Å²) in [5.41, 5.74) is 0. The van der Waals surface area contributed by atoms with Gasteiger partial charge in [-0.05, 0) is 5.92 Å². The molecule has 0 saturated heterocycles. The Kier molecular flexibility index (Phi) is 4.00. The van der Waals surface area contributed by atoms with Gasteiger partial charge in [0, 0.05) is 12.8 Å². The molecule has 0 amide bonds. The lowest BCUT2D eigenvalue weighted by molar-refractivity contribution is -0.122. The molecule has 1 aliphatic carbocycles. The van der Waals surface area contributed by atoms with Gasteiger partial charge in [0.2, 0.25) is 5.92 Å². The molecule has 0 aliphatic heterocycles. The molecule has 0 spiro atoms. The summed E-state index contributed by atoms with van der Waals surface area (Å²) in [6, 6.07) is 0. The van der Waals surface area contributed by atoms with Crippen LogP contribution in [0.2, 0.25) is 0 Å². The molecule has 0 aromatic carbocycles. The fourth-order valence-corrected chi connectivity index (χ4v) is 1.07. The standard InChI is InChI=1S/C6H10F2.CH2O2/c1-2-5-3-6(7,8)4-5;2-1-3/h5H,2-4H2,1H3;1H,(H,2,3). The van der Waals surface area contributed by atoms with Gasteiger partial charge in [-0.25, -0.2) is 8.78 Å². The molecule has 1 N–H and O–H groups in total. The summed E-state index contributed by atoms with van der Waals surface area (Å²) in [4.78, 5) is 8.36. The van der Waals surface area contributed by atoms with Crippen LogP contribution in [0.4, 0.5) is 8.78 Å². The highest BCUT2D eigenvalue weighted by atomic mass is 19.3. The Morgan fingerprint density at radius 3 is 2.09 bits per heavy atom. The fourth-order valence-electron chi connectivity index (χ4n) is 1.07. The van der Waals surface area contributed by atoms with E-state index in [-0.39, 0.29) is 19.3 Å². The van der Waals surface area contributed by atoms with E-state index in [0.717, 1.165) is 6.42 Å². The van der Waals surface area contributed by atoms with Crippen molar-refractivity contribution < 1.29 is 18.7 Å². The van der Waals surface area contributed by atoms with Crippen molar-refractivity contribution in [3.05, 3.63) is 0 Å². The van der Waals surface area contributed by atoms with Crippen molar-refractivity contribution >= 4 is 6.47 Å². The van der Waals surface area contributed by atoms with E-state index in [1.165, 1.54) is 0 Å². The van der Waals surface area contributed by atoms with Crippen LogP contribution in [0.1, 0.15) is 26.2 Å². The van der Waals surface area contributed by atoms with E-state index in [0.29, 0.717) is 5.92 Å². The van der Waals surface area contributed by atoms with Crippen LogP contribution in [0, 0.1) is 5.92 Å². The number of alkyl halides is 2. The molecule has 0 atom stereocenters. The second-order valence-electron chi connectivity index (χ2n) is 2.64. The number of carbonyl (C=O) groups is 1. The molecular weight excluding hydrogens is 154 g/mol. The van der Waals surface area contributed by atoms with Gasteiger partial charge >= 0.3 is 0 Å². The van der Waals surface area contributed by atoms with Crippen LogP contribution >= 0.6 is 0 Å². The van der Waals surface area contributed by atoms with Gasteiger partial charge in [0.05, 0.1) is 0 Å². The van der Waals surface area contributed by atoms with Crippen LogP contribution in [0.5, 0.6) is 0 Å². The highest BCUT2D eigenvalue weighted by Gasteiger charge is 2.43. The first-order chi connectivity index (χ1) is 5.05. The van der Waals surface area contributed by atoms with Crippen molar-refractivity contribution in [3.63, 3.8) is 0 Å². The molecule has 1 fully saturated rings. The number of rotatable bonds is 1. The van der Waals surface area contributed by atoms with Crippen LogP contribution in [-0.4, -0.2) is 17.5 Å². The third-order valence-electron chi connectivity index (χ3n) is 1.75. The third kappa shape index (κ3) is 3.91. The average molecular weight is 166 g/mol. The molecule has 1 saturated carbocycles. The number of halogens is 2. The molecule has 0 bridgehead atoms. The Labute approximate surface area is 64.2 Å². The van der Waals surface area contributed by atoms with E-state index in [1.54, 1.807) is 0 Å². The normalized spacial score (nSPS) is 21.0. The first-order valence-corrected chi connectivity index (χ1v) is 3.51. The second-order valence-corrected chi connectivity index (χ2v) is 2.64. The zero-order valence-corrected chi connectivity index (χ0v) is 6.39. The minimum atomic E-state index is -2.30. The molecule has 0 radical (unpaired) electrons. The Hall–Kier alpha value is -0.670. The Morgan fingerprint density at radius 1 is 1.64 bits per heavy atom. The van der Waals surface area contributed by atoms with Crippen LogP contribution in [0.15, 0.2) is 0 Å². The van der Waals surface area contributed by atoms with Gasteiger partial charge < -0.3 is 5.11 Å². The van der Waals surface area contributed by atoms with Crippen molar-refractivity contribution in [1.82, 2.24) is 0 Å². The van der Waals surface area contributed by atoms with Gasteiger partial charge in [-0.15, -0.1) is 0 Å². The maximum atomic E-state index is 12.0. The summed E-state index contributed by atoms with van der Waals surface area (Å²) in [7, 11) is 0. The van der Waals surface area contributed by atoms with E-state index >= 15 is 0 Å². The Morgan fingerprint density at radius 2 is 2.00 bits per heavy atom. The van der Waals surface area contributed by atoms with E-state index in [9.17, 15) is 8.78 Å². The van der Waals surface area contributed by atoms with Crippen LogP contribution in [0.3, 0.4) is 0 Å². The largest absolute Gasteiger partial charge is 0.483 e. The molecule has 1 aliphatic rings. The van der Waals surface area contributed by atoms with Crippen molar-refractivity contribution in [1.29, 1.82) is 0 Å². The van der Waals surface area contributed by atoms with Crippen LogP contribution < -0.4 is 0 Å². The smallest absolute Gasteiger partial charge is 0.290 e. The molecule has 0 aromatic heterocycles. The second kappa shape index (κ2) is 4.26. The summed E-state index contributed by atoms with van der Waals surface area (Å²) in [6.07, 6.45) is 1.17. The Balaban J connectivity index is 0.000000292. The number of hydrogen-bond acceptors (Lipinski definition) is 1. The van der Waals surface area contributed by atoms with Gasteiger partial charge in [-0.2, -0.15) is 0 Å². The number of carboxylic acid groups (broad SMARTS) is 1. The van der Waals surface area contributed by atoms with E-state index in [4.69, 9.17) is 9.90 Å². The molecule has 1 rings (SSSR count). The van der Waals surface area contributed by atoms with Crippen molar-refractivity contribution in [2.45, 2.75) is 32.1 Å². The monoisotopic (exact) mass is 166 g/mol. The summed E-state index contributed by atoms with van der Waals surface area (Å²) in [5, 5.41) is 6.89. The van der Waals surface area contributed by atoms with Crippen molar-refractivity contribution in [3.8, 4) is 0 Å². The van der Waals surface area contributed by atoms with Crippen LogP contribution in [0.25, 0.3) is 0 Å². The summed E-state index contributed by atoms with van der Waals surface area (Å²) < 4.78 is 24.0. The van der Waals surface area contributed by atoms with E-state index in [1.807, 2.05) is 6.92 Å². The molecule has 0 heterocycles. The molecule has 66 valence electrons. The minimum absolute atomic E-state index is 0.128. The van der Waals surface area contributed by atoms with Crippen molar-refractivity contribution in [2.75, 3.05) is 0 Å². The van der Waals surface area contributed by atoms with Gasteiger partial charge in [0.1, 0.15) is 0 Å². The van der Waals surface area contributed by atoms with E-state index in [2.05, 4.69) is 0 Å². The fraction of sp³-hybridized carbons (Fsp3) is 0.857. The third-order valence-corrected chi connectivity index (χ3v) is 1.75. The van der Waals surface area contributed by atoms with Crippen molar-refractivity contribution in [2.24, 2.45) is 5.92 Å². The molecule has 2 nitrogen and oxygen atoms in total. The predicted molar refractivity (Wildman–Crippen MR) is 36.7 cm³/mol. The quantitative estimate of drug-likeness (QED) is 0.606. The SMILES string of the molecule is CCC1CC(F)(F)C1.O=CO. The molecular formula is C7H12F2O2. The lowest BCUT2D eigenvalue weighted by Crippen LogP contribution is -2.34. The average Bonchev–Trinajstić information content (AvgIpc) is 1.84. The molecule has 0 aromatic rings. The zero-order valence-electron chi connectivity index (χ0n) is 6.39. The van der Waals surface area contributed by atoms with Gasteiger partial charge in [-0.1, -0.05) is 13.3 Å². The number of hydrogen-bond donors (Lipinski definition) is 1. The molecule has 11 heavy (non-hydrogen) atoms. The van der Waals surface area contributed by atoms with Crippen LogP contribution in [-0.2, 0) is 4.79 Å². The van der Waals surface area contributed by atoms with Gasteiger partial charge in [0.15, 0.2) is 0 Å². The predicted octanol–water partition coefficient (Wildman–Crippen LogP) is 2.14. The summed E-state index contributed by atoms with van der Waals surface area (Å²) >= 11 is 0. The molecule has 0 unspecified atom stereocenters. The summed E-state index contributed by atoms with van der Waals surface area (Å²) in [5.74, 6) is -1.99. The zero-order chi connectivity index (χ0) is 8.91. The van der Waals surface area contributed by atoms with Gasteiger partial charge in [-0.3, -0.25) is 4.79 Å². The Bertz CT molecular complexity index is 118. The van der Waals surface area contributed by atoms with Gasteiger partial charge in [0.25, 0.3) is 6.47 Å². The maximum absolute atomic E-state index is 12.0. The molecule has 4 heteroatoms.